The normalized spacial score (nSPS) is 13.8. The van der Waals surface area contributed by atoms with Gasteiger partial charge in [-0.3, -0.25) is 0 Å². The Balaban J connectivity index is 1.65. The third-order valence-electron chi connectivity index (χ3n) is 4.85. The summed E-state index contributed by atoms with van der Waals surface area (Å²) in [6.07, 6.45) is 0. The van der Waals surface area contributed by atoms with Crippen molar-refractivity contribution in [3.05, 3.63) is 30.0 Å². The largest absolute Gasteiger partial charge is 0.506 e. The van der Waals surface area contributed by atoms with Gasteiger partial charge in [-0.15, -0.1) is 0 Å². The Morgan fingerprint density at radius 1 is 1.00 bits per heavy atom. The number of urea groups is 1. The highest BCUT2D eigenvalue weighted by Gasteiger charge is 2.23. The first kappa shape index (κ1) is 20.4. The van der Waals surface area contributed by atoms with Crippen LogP contribution in [0.5, 0.6) is 23.1 Å². The van der Waals surface area contributed by atoms with Crippen LogP contribution < -0.4 is 24.4 Å². The third-order valence-corrected chi connectivity index (χ3v) is 4.85. The number of aryl methyl sites for hydroxylation is 1. The molecule has 1 aromatic heterocycles. The number of anilines is 2. The number of ether oxygens (including phenoxy) is 3. The molecular weight excluding hydrogens is 376 g/mol. The Kier molecular flexibility index (Phi) is 6.16. The molecule has 29 heavy (non-hydrogen) atoms. The molecule has 0 spiro atoms. The van der Waals surface area contributed by atoms with Crippen molar-refractivity contribution in [3.8, 4) is 23.1 Å². The summed E-state index contributed by atoms with van der Waals surface area (Å²) in [4.78, 5) is 20.7. The van der Waals surface area contributed by atoms with Crippen molar-refractivity contribution in [2.24, 2.45) is 0 Å². The Labute approximate surface area is 169 Å². The zero-order valence-corrected chi connectivity index (χ0v) is 17.1. The lowest BCUT2D eigenvalue weighted by Crippen LogP contribution is -2.50. The van der Waals surface area contributed by atoms with Gasteiger partial charge in [0.15, 0.2) is 0 Å². The number of carbonyl (C=O) groups is 1. The summed E-state index contributed by atoms with van der Waals surface area (Å²) in [6, 6.07) is 6.90. The van der Waals surface area contributed by atoms with E-state index in [9.17, 15) is 9.90 Å². The highest BCUT2D eigenvalue weighted by atomic mass is 16.5. The fourth-order valence-electron chi connectivity index (χ4n) is 3.15. The summed E-state index contributed by atoms with van der Waals surface area (Å²) < 4.78 is 15.9. The van der Waals surface area contributed by atoms with E-state index in [1.165, 1.54) is 13.2 Å². The predicted octanol–water partition coefficient (Wildman–Crippen LogP) is 2.48. The molecule has 3 rings (SSSR count). The highest BCUT2D eigenvalue weighted by Crippen LogP contribution is 2.30. The van der Waals surface area contributed by atoms with Crippen LogP contribution in [-0.2, 0) is 0 Å². The van der Waals surface area contributed by atoms with Crippen LogP contribution in [0.1, 0.15) is 5.69 Å². The molecule has 1 saturated heterocycles. The predicted molar refractivity (Wildman–Crippen MR) is 110 cm³/mol. The number of carbonyl (C=O) groups excluding carboxylic acids is 1. The van der Waals surface area contributed by atoms with Crippen LogP contribution in [0, 0.1) is 6.92 Å². The van der Waals surface area contributed by atoms with Gasteiger partial charge in [-0.05, 0) is 6.92 Å². The highest BCUT2D eigenvalue weighted by molar-refractivity contribution is 5.91. The Morgan fingerprint density at radius 3 is 2.17 bits per heavy atom. The van der Waals surface area contributed by atoms with E-state index in [-0.39, 0.29) is 17.7 Å². The van der Waals surface area contributed by atoms with Crippen molar-refractivity contribution in [2.45, 2.75) is 6.92 Å². The Bertz CT molecular complexity index is 859. The molecule has 1 aliphatic heterocycles. The number of aromatic nitrogens is 1. The van der Waals surface area contributed by atoms with Crippen molar-refractivity contribution >= 4 is 17.4 Å². The number of hydrogen-bond acceptors (Lipinski definition) is 7. The van der Waals surface area contributed by atoms with E-state index in [4.69, 9.17) is 14.2 Å². The second-order valence-electron chi connectivity index (χ2n) is 6.62. The number of pyridine rings is 1. The second-order valence-corrected chi connectivity index (χ2v) is 6.62. The zero-order chi connectivity index (χ0) is 21.0. The average molecular weight is 402 g/mol. The van der Waals surface area contributed by atoms with Gasteiger partial charge in [-0.1, -0.05) is 0 Å². The van der Waals surface area contributed by atoms with Crippen LogP contribution in [0.3, 0.4) is 0 Å². The van der Waals surface area contributed by atoms with Gasteiger partial charge in [0.2, 0.25) is 5.88 Å². The number of rotatable bonds is 5. The Morgan fingerprint density at radius 2 is 1.62 bits per heavy atom. The first-order chi connectivity index (χ1) is 13.9. The number of amides is 2. The number of aromatic hydroxyl groups is 1. The summed E-state index contributed by atoms with van der Waals surface area (Å²) in [6.45, 7) is 4.07. The zero-order valence-electron chi connectivity index (χ0n) is 17.1. The van der Waals surface area contributed by atoms with E-state index in [1.54, 1.807) is 26.0 Å². The molecule has 0 bridgehead atoms. The summed E-state index contributed by atoms with van der Waals surface area (Å²) in [5.41, 5.74) is 1.75. The number of nitrogens with zero attached hydrogens (tertiary/aromatic N) is 3. The molecule has 1 fully saturated rings. The summed E-state index contributed by atoms with van der Waals surface area (Å²) in [5, 5.41) is 12.7. The topological polar surface area (TPSA) is 96.4 Å². The number of methoxy groups -OCH3 is 3. The lowest BCUT2D eigenvalue weighted by molar-refractivity contribution is 0.208. The maximum atomic E-state index is 12.7. The van der Waals surface area contributed by atoms with Crippen molar-refractivity contribution in [1.82, 2.24) is 9.88 Å². The first-order valence-electron chi connectivity index (χ1n) is 9.23. The molecule has 1 aromatic carbocycles. The number of nitrogens with one attached hydrogen (secondary N) is 1. The van der Waals surface area contributed by atoms with Crippen LogP contribution in [0.15, 0.2) is 24.3 Å². The van der Waals surface area contributed by atoms with Crippen LogP contribution in [-0.4, -0.2) is 68.5 Å². The fraction of sp³-hybridized carbons (Fsp3) is 0.400. The van der Waals surface area contributed by atoms with Gasteiger partial charge in [0.1, 0.15) is 22.9 Å². The SMILES string of the molecule is COc1cc(OC)cc(N2CCN(C(=O)Nc3cc(O)c(C)nc3OC)CC2)c1. The van der Waals surface area contributed by atoms with Crippen molar-refractivity contribution in [3.63, 3.8) is 0 Å². The van der Waals surface area contributed by atoms with E-state index < -0.39 is 0 Å². The van der Waals surface area contributed by atoms with Gasteiger partial charge in [0.05, 0.1) is 27.0 Å². The molecule has 156 valence electrons. The van der Waals surface area contributed by atoms with Crippen molar-refractivity contribution in [1.29, 1.82) is 0 Å². The van der Waals surface area contributed by atoms with Gasteiger partial charge in [-0.2, -0.15) is 0 Å². The van der Waals surface area contributed by atoms with Crippen LogP contribution in [0.25, 0.3) is 0 Å². The number of benzene rings is 1. The smallest absolute Gasteiger partial charge is 0.322 e. The summed E-state index contributed by atoms with van der Waals surface area (Å²) >= 11 is 0. The quantitative estimate of drug-likeness (QED) is 0.793. The molecule has 0 unspecified atom stereocenters. The monoisotopic (exact) mass is 402 g/mol. The van der Waals surface area contributed by atoms with E-state index in [0.717, 1.165) is 17.2 Å². The van der Waals surface area contributed by atoms with E-state index in [2.05, 4.69) is 15.2 Å². The van der Waals surface area contributed by atoms with Gasteiger partial charge in [0, 0.05) is 56.1 Å². The number of hydrogen-bond donors (Lipinski definition) is 2. The minimum Gasteiger partial charge on any atom is -0.506 e. The van der Waals surface area contributed by atoms with Gasteiger partial charge >= 0.3 is 6.03 Å². The molecule has 2 aromatic rings. The fourth-order valence-corrected chi connectivity index (χ4v) is 3.15. The molecule has 0 saturated carbocycles. The van der Waals surface area contributed by atoms with Crippen molar-refractivity contribution in [2.75, 3.05) is 57.7 Å². The molecule has 0 radical (unpaired) electrons. The summed E-state index contributed by atoms with van der Waals surface area (Å²) in [5.74, 6) is 1.70. The van der Waals surface area contributed by atoms with E-state index in [1.807, 2.05) is 18.2 Å². The molecule has 2 N–H and O–H groups in total. The minimum atomic E-state index is -0.267. The molecule has 2 heterocycles. The molecular formula is C20H26N4O5. The van der Waals surface area contributed by atoms with Gasteiger partial charge in [-0.25, -0.2) is 9.78 Å². The van der Waals surface area contributed by atoms with Crippen LogP contribution in [0.4, 0.5) is 16.2 Å². The van der Waals surface area contributed by atoms with Crippen molar-refractivity contribution < 1.29 is 24.1 Å². The third kappa shape index (κ3) is 4.56. The standard InChI is InChI=1S/C20H26N4O5/c1-13-18(25)12-17(19(21-13)29-4)22-20(26)24-7-5-23(6-8-24)14-9-15(27-2)11-16(10-14)28-3/h9-12,25H,5-8H2,1-4H3,(H,22,26). The second kappa shape index (κ2) is 8.76. The summed E-state index contributed by atoms with van der Waals surface area (Å²) in [7, 11) is 4.70. The van der Waals surface area contributed by atoms with Gasteiger partial charge < -0.3 is 34.4 Å². The Hall–Kier alpha value is -3.36. The molecule has 9 nitrogen and oxygen atoms in total. The van der Waals surface area contributed by atoms with Crippen LogP contribution >= 0.6 is 0 Å². The molecule has 9 heteroatoms. The molecule has 2 amide bonds. The maximum absolute atomic E-state index is 12.7. The molecule has 0 atom stereocenters. The number of piperazine rings is 1. The molecule has 1 aliphatic rings. The average Bonchev–Trinajstić information content (AvgIpc) is 2.75. The van der Waals surface area contributed by atoms with Gasteiger partial charge in [0.25, 0.3) is 0 Å². The lowest BCUT2D eigenvalue weighted by Gasteiger charge is -2.36. The maximum Gasteiger partial charge on any atom is 0.322 e. The van der Waals surface area contributed by atoms with E-state index in [0.29, 0.717) is 37.6 Å². The molecule has 0 aliphatic carbocycles. The lowest BCUT2D eigenvalue weighted by atomic mass is 10.2. The van der Waals surface area contributed by atoms with Crippen LogP contribution in [0.2, 0.25) is 0 Å². The first-order valence-corrected chi connectivity index (χ1v) is 9.23. The minimum absolute atomic E-state index is 0.00195. The van der Waals surface area contributed by atoms with E-state index >= 15 is 0 Å².